The first-order chi connectivity index (χ1) is 15.3. The van der Waals surface area contributed by atoms with Crippen LogP contribution < -0.4 is 4.74 Å². The molecule has 9 heteroatoms. The van der Waals surface area contributed by atoms with Crippen LogP contribution in [0.15, 0.2) is 47.4 Å². The van der Waals surface area contributed by atoms with E-state index in [0.29, 0.717) is 17.9 Å². The van der Waals surface area contributed by atoms with Crippen molar-refractivity contribution in [3.63, 3.8) is 0 Å². The quantitative estimate of drug-likeness (QED) is 0.711. The van der Waals surface area contributed by atoms with Crippen molar-refractivity contribution in [3.05, 3.63) is 53.6 Å². The van der Waals surface area contributed by atoms with Gasteiger partial charge in [-0.2, -0.15) is 4.31 Å². The normalized spacial score (nSPS) is 19.8. The Morgan fingerprint density at radius 2 is 1.84 bits per heavy atom. The van der Waals surface area contributed by atoms with Crippen molar-refractivity contribution in [1.29, 1.82) is 0 Å². The monoisotopic (exact) mass is 460 g/mol. The number of amides is 1. The Balaban J connectivity index is 1.34. The van der Waals surface area contributed by atoms with Crippen molar-refractivity contribution in [1.82, 2.24) is 9.21 Å². The van der Waals surface area contributed by atoms with Gasteiger partial charge >= 0.3 is 0 Å². The Bertz CT molecular complexity index is 1060. The molecule has 2 aromatic rings. The van der Waals surface area contributed by atoms with Crippen LogP contribution in [0.2, 0.25) is 0 Å². The Hall–Kier alpha value is -2.62. The molecule has 0 radical (unpaired) electrons. The van der Waals surface area contributed by atoms with Crippen LogP contribution in [0.3, 0.4) is 0 Å². The number of sulfonamides is 1. The molecule has 2 heterocycles. The van der Waals surface area contributed by atoms with Gasteiger partial charge in [0.1, 0.15) is 23.0 Å². The van der Waals surface area contributed by atoms with Crippen LogP contribution >= 0.6 is 0 Å². The van der Waals surface area contributed by atoms with Crippen LogP contribution in [0.25, 0.3) is 0 Å². The number of nitrogens with zero attached hydrogens (tertiary/aromatic N) is 2. The lowest BCUT2D eigenvalue weighted by molar-refractivity contribution is 0.0676. The topological polar surface area (TPSA) is 96.4 Å². The van der Waals surface area contributed by atoms with Crippen LogP contribution in [0.5, 0.6) is 11.5 Å². The second-order valence-electron chi connectivity index (χ2n) is 8.14. The number of phenolic OH excluding ortho intramolecular Hbond substituents is 1. The lowest BCUT2D eigenvalue weighted by Crippen LogP contribution is -2.50. The number of aryl methyl sites for hydroxylation is 1. The van der Waals surface area contributed by atoms with E-state index >= 15 is 0 Å². The minimum Gasteiger partial charge on any atom is -0.507 e. The summed E-state index contributed by atoms with van der Waals surface area (Å²) in [4.78, 5) is 14.4. The number of hydrogen-bond donors (Lipinski definition) is 1. The molecule has 2 saturated heterocycles. The highest BCUT2D eigenvalue weighted by Crippen LogP contribution is 2.27. The minimum absolute atomic E-state index is 0.101. The van der Waals surface area contributed by atoms with Crippen molar-refractivity contribution in [3.8, 4) is 11.5 Å². The average molecular weight is 461 g/mol. The predicted octanol–water partition coefficient (Wildman–Crippen LogP) is 2.41. The second-order valence-corrected chi connectivity index (χ2v) is 10.0. The highest BCUT2D eigenvalue weighted by atomic mass is 32.2. The van der Waals surface area contributed by atoms with Crippen molar-refractivity contribution < 1.29 is 27.8 Å². The summed E-state index contributed by atoms with van der Waals surface area (Å²) in [5.74, 6) is 0.271. The molecule has 0 saturated carbocycles. The van der Waals surface area contributed by atoms with Crippen LogP contribution in [0.4, 0.5) is 0 Å². The lowest BCUT2D eigenvalue weighted by Gasteiger charge is -2.34. The molecule has 1 unspecified atom stereocenters. The van der Waals surface area contributed by atoms with Crippen LogP contribution in [-0.4, -0.2) is 74.1 Å². The molecule has 1 atom stereocenters. The van der Waals surface area contributed by atoms with Gasteiger partial charge in [0.15, 0.2) is 0 Å². The maximum atomic E-state index is 12.9. The summed E-state index contributed by atoms with van der Waals surface area (Å²) >= 11 is 0. The third-order valence-corrected chi connectivity index (χ3v) is 7.75. The van der Waals surface area contributed by atoms with E-state index in [-0.39, 0.29) is 48.8 Å². The third-order valence-electron chi connectivity index (χ3n) is 5.82. The molecule has 0 spiro atoms. The third kappa shape index (κ3) is 4.90. The molecule has 2 aliphatic heterocycles. The summed E-state index contributed by atoms with van der Waals surface area (Å²) in [6.07, 6.45) is 2.19. The molecule has 0 aliphatic carbocycles. The van der Waals surface area contributed by atoms with E-state index in [2.05, 4.69) is 0 Å². The van der Waals surface area contributed by atoms with Gasteiger partial charge in [0.25, 0.3) is 5.91 Å². The summed E-state index contributed by atoms with van der Waals surface area (Å²) < 4.78 is 38.5. The molecular formula is C23H28N2O6S. The van der Waals surface area contributed by atoms with Crippen LogP contribution in [0.1, 0.15) is 28.8 Å². The smallest absolute Gasteiger partial charge is 0.253 e. The Morgan fingerprint density at radius 1 is 1.12 bits per heavy atom. The molecule has 172 valence electrons. The number of carbonyl (C=O) groups excluding carboxylic acids is 1. The molecule has 8 nitrogen and oxygen atoms in total. The van der Waals surface area contributed by atoms with Gasteiger partial charge in [-0.15, -0.1) is 0 Å². The number of ether oxygens (including phenoxy) is 2. The SMILES string of the molecule is Cc1ccc(O)c(S(=O)(=O)N2CCN(C(=O)c3ccc(OCC4CCCO4)cc3)CC2)c1. The molecule has 0 bridgehead atoms. The summed E-state index contributed by atoms with van der Waals surface area (Å²) in [7, 11) is -3.83. The van der Waals surface area contributed by atoms with E-state index < -0.39 is 10.0 Å². The van der Waals surface area contributed by atoms with E-state index in [0.717, 1.165) is 25.0 Å². The van der Waals surface area contributed by atoms with Crippen molar-refractivity contribution >= 4 is 15.9 Å². The second kappa shape index (κ2) is 9.48. The Morgan fingerprint density at radius 3 is 2.50 bits per heavy atom. The lowest BCUT2D eigenvalue weighted by atomic mass is 10.2. The van der Waals surface area contributed by atoms with E-state index in [4.69, 9.17) is 9.47 Å². The van der Waals surface area contributed by atoms with E-state index in [1.54, 1.807) is 42.2 Å². The van der Waals surface area contributed by atoms with Gasteiger partial charge in [-0.25, -0.2) is 8.42 Å². The van der Waals surface area contributed by atoms with Gasteiger partial charge < -0.3 is 19.5 Å². The number of carbonyl (C=O) groups is 1. The zero-order valence-corrected chi connectivity index (χ0v) is 18.9. The number of aromatic hydroxyl groups is 1. The van der Waals surface area contributed by atoms with Crippen LogP contribution in [-0.2, 0) is 14.8 Å². The molecule has 1 amide bonds. The number of phenols is 1. The predicted molar refractivity (Wildman–Crippen MR) is 118 cm³/mol. The molecule has 2 aromatic carbocycles. The first-order valence-corrected chi connectivity index (χ1v) is 12.2. The highest BCUT2D eigenvalue weighted by Gasteiger charge is 2.32. The Labute approximate surface area is 188 Å². The van der Waals surface area contributed by atoms with Gasteiger partial charge in [0, 0.05) is 38.3 Å². The summed E-state index contributed by atoms with van der Waals surface area (Å²) in [6.45, 7) is 3.95. The van der Waals surface area contributed by atoms with E-state index in [1.165, 1.54) is 16.4 Å². The van der Waals surface area contributed by atoms with Gasteiger partial charge in [0.05, 0.1) is 6.10 Å². The number of piperazine rings is 1. The first-order valence-electron chi connectivity index (χ1n) is 10.8. The molecule has 2 aliphatic rings. The molecule has 4 rings (SSSR count). The van der Waals surface area contributed by atoms with Crippen molar-refractivity contribution in [2.45, 2.75) is 30.8 Å². The van der Waals surface area contributed by atoms with E-state index in [1.807, 2.05) is 0 Å². The summed E-state index contributed by atoms with van der Waals surface area (Å²) in [5, 5.41) is 10.0. The van der Waals surface area contributed by atoms with Crippen molar-refractivity contribution in [2.24, 2.45) is 0 Å². The van der Waals surface area contributed by atoms with Gasteiger partial charge in [-0.3, -0.25) is 4.79 Å². The Kier molecular flexibility index (Phi) is 6.68. The average Bonchev–Trinajstić information content (AvgIpc) is 3.33. The fourth-order valence-corrected chi connectivity index (χ4v) is 5.53. The minimum atomic E-state index is -3.83. The molecule has 0 aromatic heterocycles. The maximum Gasteiger partial charge on any atom is 0.253 e. The molecular weight excluding hydrogens is 432 g/mol. The highest BCUT2D eigenvalue weighted by molar-refractivity contribution is 7.89. The number of benzene rings is 2. The first kappa shape index (κ1) is 22.6. The van der Waals surface area contributed by atoms with Gasteiger partial charge in [0.2, 0.25) is 10.0 Å². The van der Waals surface area contributed by atoms with E-state index in [9.17, 15) is 18.3 Å². The van der Waals surface area contributed by atoms with Gasteiger partial charge in [-0.1, -0.05) is 6.07 Å². The van der Waals surface area contributed by atoms with Gasteiger partial charge in [-0.05, 0) is 61.7 Å². The zero-order chi connectivity index (χ0) is 22.7. The van der Waals surface area contributed by atoms with Crippen LogP contribution in [0, 0.1) is 6.92 Å². The standard InChI is InChI=1S/C23H28N2O6S/c1-17-4-9-21(26)22(15-17)32(28,29)25-12-10-24(11-13-25)23(27)18-5-7-19(8-6-18)31-16-20-3-2-14-30-20/h4-9,15,20,26H,2-3,10-14,16H2,1H3. The number of hydrogen-bond acceptors (Lipinski definition) is 6. The molecule has 32 heavy (non-hydrogen) atoms. The summed E-state index contributed by atoms with van der Waals surface area (Å²) in [6, 6.07) is 11.5. The zero-order valence-electron chi connectivity index (χ0n) is 18.1. The van der Waals surface area contributed by atoms with Crippen molar-refractivity contribution in [2.75, 3.05) is 39.4 Å². The largest absolute Gasteiger partial charge is 0.507 e. The summed E-state index contributed by atoms with van der Waals surface area (Å²) in [5.41, 5.74) is 1.28. The molecule has 1 N–H and O–H groups in total. The fraction of sp³-hybridized carbons (Fsp3) is 0.435. The maximum absolute atomic E-state index is 12.9. The fourth-order valence-electron chi connectivity index (χ4n) is 3.94. The molecule has 2 fully saturated rings. The number of rotatable bonds is 6.